The average molecular weight is 452 g/mol. The fourth-order valence-corrected chi connectivity index (χ4v) is 3.83. The lowest BCUT2D eigenvalue weighted by atomic mass is 9.88. The van der Waals surface area contributed by atoms with Crippen LogP contribution in [0.15, 0.2) is 4.99 Å². The van der Waals surface area contributed by atoms with Crippen LogP contribution in [0, 0.1) is 5.92 Å². The van der Waals surface area contributed by atoms with Gasteiger partial charge in [0.2, 0.25) is 0 Å². The molecule has 0 radical (unpaired) electrons. The highest BCUT2D eigenvalue weighted by atomic mass is 127. The molecule has 0 spiro atoms. The molecule has 0 aromatic rings. The van der Waals surface area contributed by atoms with Crippen LogP contribution in [0.2, 0.25) is 0 Å². The molecule has 0 aromatic heterocycles. The molecule has 0 aliphatic carbocycles. The minimum Gasteiger partial charge on any atom is -0.381 e. The van der Waals surface area contributed by atoms with Gasteiger partial charge in [-0.3, -0.25) is 9.89 Å². The summed E-state index contributed by atoms with van der Waals surface area (Å²) in [4.78, 5) is 7.11. The SMILES string of the molecule is CCC(CC)CNC(=NC)NCC1(N2CCCC2)CCOCC1.I. The second-order valence-corrected chi connectivity index (χ2v) is 7.02. The molecule has 0 atom stereocenters. The van der Waals surface area contributed by atoms with Crippen molar-refractivity contribution in [1.29, 1.82) is 0 Å². The molecule has 24 heavy (non-hydrogen) atoms. The number of hydrogen-bond acceptors (Lipinski definition) is 3. The van der Waals surface area contributed by atoms with Crippen LogP contribution >= 0.6 is 24.0 Å². The maximum Gasteiger partial charge on any atom is 0.191 e. The topological polar surface area (TPSA) is 48.9 Å². The number of likely N-dealkylation sites (tertiary alicyclic amines) is 1. The van der Waals surface area contributed by atoms with Crippen molar-refractivity contribution >= 4 is 29.9 Å². The van der Waals surface area contributed by atoms with Crippen LogP contribution in [0.1, 0.15) is 52.4 Å². The molecule has 2 rings (SSSR count). The van der Waals surface area contributed by atoms with Crippen molar-refractivity contribution in [2.75, 3.05) is 46.4 Å². The van der Waals surface area contributed by atoms with Gasteiger partial charge in [-0.05, 0) is 44.7 Å². The number of rotatable bonds is 7. The second kappa shape index (κ2) is 11.5. The van der Waals surface area contributed by atoms with Crippen LogP contribution in [0.4, 0.5) is 0 Å². The normalized spacial score (nSPS) is 21.6. The highest BCUT2D eigenvalue weighted by molar-refractivity contribution is 14.0. The lowest BCUT2D eigenvalue weighted by molar-refractivity contribution is -0.0164. The summed E-state index contributed by atoms with van der Waals surface area (Å²) in [6, 6.07) is 0. The Kier molecular flexibility index (Phi) is 10.5. The molecular weight excluding hydrogens is 415 g/mol. The largest absolute Gasteiger partial charge is 0.381 e. The van der Waals surface area contributed by atoms with E-state index in [9.17, 15) is 0 Å². The first-order chi connectivity index (χ1) is 11.2. The molecule has 0 bridgehead atoms. The van der Waals surface area contributed by atoms with Gasteiger partial charge in [-0.25, -0.2) is 0 Å². The Hall–Kier alpha value is -0.0800. The Bertz CT molecular complexity index is 362. The Morgan fingerprint density at radius 2 is 1.75 bits per heavy atom. The van der Waals surface area contributed by atoms with Crippen molar-refractivity contribution < 1.29 is 4.74 Å². The predicted octanol–water partition coefficient (Wildman–Crippen LogP) is 2.85. The van der Waals surface area contributed by atoms with Crippen molar-refractivity contribution in [1.82, 2.24) is 15.5 Å². The fourth-order valence-electron chi connectivity index (χ4n) is 3.83. The first-order valence-electron chi connectivity index (χ1n) is 9.51. The fraction of sp³-hybridized carbons (Fsp3) is 0.944. The van der Waals surface area contributed by atoms with Crippen LogP contribution in [0.5, 0.6) is 0 Å². The molecular formula is C18H37IN4O. The number of aliphatic imine (C=N–C) groups is 1. The first-order valence-corrected chi connectivity index (χ1v) is 9.51. The number of hydrogen-bond donors (Lipinski definition) is 2. The molecule has 0 saturated carbocycles. The predicted molar refractivity (Wildman–Crippen MR) is 112 cm³/mol. The smallest absolute Gasteiger partial charge is 0.191 e. The molecule has 2 fully saturated rings. The van der Waals surface area contributed by atoms with Gasteiger partial charge in [0.05, 0.1) is 0 Å². The molecule has 0 aromatic carbocycles. The molecule has 2 saturated heterocycles. The summed E-state index contributed by atoms with van der Waals surface area (Å²) in [5, 5.41) is 7.11. The van der Waals surface area contributed by atoms with Crippen molar-refractivity contribution in [2.45, 2.75) is 57.9 Å². The van der Waals surface area contributed by atoms with E-state index in [0.29, 0.717) is 0 Å². The van der Waals surface area contributed by atoms with E-state index in [0.717, 1.165) is 51.0 Å². The van der Waals surface area contributed by atoms with Crippen LogP contribution in [0.25, 0.3) is 0 Å². The number of halogens is 1. The van der Waals surface area contributed by atoms with Gasteiger partial charge in [-0.1, -0.05) is 26.7 Å². The third-order valence-corrected chi connectivity index (χ3v) is 5.72. The maximum absolute atomic E-state index is 5.63. The third kappa shape index (κ3) is 6.02. The molecule has 2 aliphatic heterocycles. The molecule has 0 amide bonds. The van der Waals surface area contributed by atoms with E-state index in [1.807, 2.05) is 7.05 Å². The van der Waals surface area contributed by atoms with Gasteiger partial charge in [0.1, 0.15) is 0 Å². The summed E-state index contributed by atoms with van der Waals surface area (Å²) in [6.45, 7) is 10.7. The van der Waals surface area contributed by atoms with E-state index in [2.05, 4.69) is 34.4 Å². The monoisotopic (exact) mass is 452 g/mol. The molecule has 6 heteroatoms. The van der Waals surface area contributed by atoms with Gasteiger partial charge in [0.15, 0.2) is 5.96 Å². The molecule has 2 heterocycles. The van der Waals surface area contributed by atoms with Crippen LogP contribution in [0.3, 0.4) is 0 Å². The van der Waals surface area contributed by atoms with Gasteiger partial charge in [-0.2, -0.15) is 0 Å². The second-order valence-electron chi connectivity index (χ2n) is 7.02. The molecule has 2 N–H and O–H groups in total. The zero-order chi connectivity index (χ0) is 16.5. The molecule has 142 valence electrons. The zero-order valence-electron chi connectivity index (χ0n) is 15.8. The van der Waals surface area contributed by atoms with Gasteiger partial charge in [0, 0.05) is 38.9 Å². The summed E-state index contributed by atoms with van der Waals surface area (Å²) >= 11 is 0. The lowest BCUT2D eigenvalue weighted by Crippen LogP contribution is -2.58. The summed E-state index contributed by atoms with van der Waals surface area (Å²) < 4.78 is 5.63. The van der Waals surface area contributed by atoms with Crippen molar-refractivity contribution in [2.24, 2.45) is 10.9 Å². The van der Waals surface area contributed by atoms with E-state index in [1.165, 1.54) is 38.8 Å². The number of nitrogens with zero attached hydrogens (tertiary/aromatic N) is 2. The van der Waals surface area contributed by atoms with E-state index in [4.69, 9.17) is 4.74 Å². The van der Waals surface area contributed by atoms with Gasteiger partial charge < -0.3 is 15.4 Å². The molecule has 2 aliphatic rings. The minimum atomic E-state index is 0. The quantitative estimate of drug-likeness (QED) is 0.355. The molecule has 0 unspecified atom stereocenters. The van der Waals surface area contributed by atoms with E-state index < -0.39 is 0 Å². The summed E-state index contributed by atoms with van der Waals surface area (Å²) in [5.41, 5.74) is 0.251. The van der Waals surface area contributed by atoms with E-state index in [-0.39, 0.29) is 29.5 Å². The third-order valence-electron chi connectivity index (χ3n) is 5.72. The summed E-state index contributed by atoms with van der Waals surface area (Å²) in [5.74, 6) is 1.67. The van der Waals surface area contributed by atoms with Crippen LogP contribution in [-0.2, 0) is 4.74 Å². The number of ether oxygens (including phenoxy) is 1. The Labute approximate surface area is 165 Å². The highest BCUT2D eigenvalue weighted by Crippen LogP contribution is 2.30. The van der Waals surface area contributed by atoms with Gasteiger partial charge in [-0.15, -0.1) is 24.0 Å². The molecule has 5 nitrogen and oxygen atoms in total. The van der Waals surface area contributed by atoms with Crippen molar-refractivity contribution in [3.05, 3.63) is 0 Å². The average Bonchev–Trinajstić information content (AvgIpc) is 3.14. The zero-order valence-corrected chi connectivity index (χ0v) is 18.1. The number of guanidine groups is 1. The van der Waals surface area contributed by atoms with Crippen LogP contribution < -0.4 is 10.6 Å². The van der Waals surface area contributed by atoms with Gasteiger partial charge >= 0.3 is 0 Å². The lowest BCUT2D eigenvalue weighted by Gasteiger charge is -2.45. The van der Waals surface area contributed by atoms with Gasteiger partial charge in [0.25, 0.3) is 0 Å². The maximum atomic E-state index is 5.63. The van der Waals surface area contributed by atoms with Crippen molar-refractivity contribution in [3.63, 3.8) is 0 Å². The van der Waals surface area contributed by atoms with Crippen molar-refractivity contribution in [3.8, 4) is 0 Å². The van der Waals surface area contributed by atoms with E-state index in [1.54, 1.807) is 0 Å². The Morgan fingerprint density at radius 1 is 1.12 bits per heavy atom. The summed E-state index contributed by atoms with van der Waals surface area (Å²) in [7, 11) is 1.87. The number of nitrogens with one attached hydrogen (secondary N) is 2. The minimum absolute atomic E-state index is 0. The highest BCUT2D eigenvalue weighted by Gasteiger charge is 2.39. The van der Waals surface area contributed by atoms with Crippen LogP contribution in [-0.4, -0.2) is 62.8 Å². The Morgan fingerprint density at radius 3 is 2.29 bits per heavy atom. The Balaban J connectivity index is 0.00000288. The van der Waals surface area contributed by atoms with E-state index >= 15 is 0 Å². The summed E-state index contributed by atoms with van der Waals surface area (Å²) in [6.07, 6.45) is 7.37. The standard InChI is InChI=1S/C18H36N4O.HI/c1-4-16(5-2)14-20-17(19-3)21-15-18(8-12-23-13-9-18)22-10-6-7-11-22;/h16H,4-15H2,1-3H3,(H2,19,20,21);1H. The first kappa shape index (κ1) is 22.0.